The third-order valence-electron chi connectivity index (χ3n) is 10.7. The Balaban J connectivity index is 0.000000191. The molecule has 2 heterocycles. The Morgan fingerprint density at radius 1 is 0.547 bits per heavy atom. The molecule has 64 heavy (non-hydrogen) atoms. The molecule has 0 bridgehead atoms. The van der Waals surface area contributed by atoms with Crippen molar-refractivity contribution in [3.05, 3.63) is 186 Å². The van der Waals surface area contributed by atoms with Gasteiger partial charge in [-0.1, -0.05) is 144 Å². The maximum absolute atomic E-state index is 13.1. The molecular formula is C54H46Br2N4O4. The van der Waals surface area contributed by atoms with Crippen LogP contribution in [-0.2, 0) is 13.1 Å². The van der Waals surface area contributed by atoms with Gasteiger partial charge in [0.1, 0.15) is 24.7 Å². The van der Waals surface area contributed by atoms with Gasteiger partial charge in [0.05, 0.1) is 35.5 Å². The average molecular weight is 975 g/mol. The summed E-state index contributed by atoms with van der Waals surface area (Å²) in [6.07, 6.45) is 10.7. The molecule has 0 saturated carbocycles. The molecule has 0 saturated heterocycles. The van der Waals surface area contributed by atoms with Crippen LogP contribution in [0.15, 0.2) is 152 Å². The molecule has 2 aromatic heterocycles. The van der Waals surface area contributed by atoms with E-state index in [-0.39, 0.29) is 24.6 Å². The topological polar surface area (TPSA) is 88.2 Å². The Kier molecular flexibility index (Phi) is 14.6. The fraction of sp³-hybridized carbons (Fsp3) is 0.185. The molecule has 6 aromatic carbocycles. The first-order valence-electron chi connectivity index (χ1n) is 20.8. The van der Waals surface area contributed by atoms with Crippen LogP contribution >= 0.6 is 31.9 Å². The van der Waals surface area contributed by atoms with Crippen molar-refractivity contribution in [1.29, 1.82) is 0 Å². The maximum Gasteiger partial charge on any atom is 0.348 e. The lowest BCUT2D eigenvalue weighted by Crippen LogP contribution is -2.24. The first kappa shape index (κ1) is 45.3. The molecule has 8 rings (SSSR count). The van der Waals surface area contributed by atoms with E-state index in [1.54, 1.807) is 9.13 Å². The summed E-state index contributed by atoms with van der Waals surface area (Å²) in [4.78, 5) is 35.2. The number of aromatic nitrogens is 4. The highest BCUT2D eigenvalue weighted by Gasteiger charge is 2.17. The Bertz CT molecular complexity index is 3140. The Labute approximate surface area is 390 Å². The van der Waals surface area contributed by atoms with Crippen molar-refractivity contribution in [2.75, 3.05) is 13.2 Å². The van der Waals surface area contributed by atoms with Crippen molar-refractivity contribution >= 4 is 53.7 Å². The first-order valence-corrected chi connectivity index (χ1v) is 22.4. The third kappa shape index (κ3) is 10.7. The predicted molar refractivity (Wildman–Crippen MR) is 266 cm³/mol. The number of rotatable bonds is 12. The Morgan fingerprint density at radius 2 is 1.00 bits per heavy atom. The zero-order chi connectivity index (χ0) is 45.3. The zero-order valence-corrected chi connectivity index (χ0v) is 39.2. The largest absolute Gasteiger partial charge is 0.481 e. The van der Waals surface area contributed by atoms with Gasteiger partial charge < -0.3 is 9.47 Å². The van der Waals surface area contributed by atoms with E-state index >= 15 is 0 Å². The van der Waals surface area contributed by atoms with E-state index in [9.17, 15) is 9.59 Å². The molecule has 0 radical (unpaired) electrons. The Hall–Kier alpha value is -6.72. The van der Waals surface area contributed by atoms with E-state index in [4.69, 9.17) is 22.3 Å². The number of ether oxygens (including phenoxy) is 2. The molecule has 0 aliphatic rings. The molecule has 0 atom stereocenters. The van der Waals surface area contributed by atoms with E-state index in [0.717, 1.165) is 53.0 Å². The van der Waals surface area contributed by atoms with E-state index < -0.39 is 0 Å². The van der Waals surface area contributed by atoms with Gasteiger partial charge in [0.25, 0.3) is 0 Å². The molecule has 10 heteroatoms. The van der Waals surface area contributed by atoms with Gasteiger partial charge in [0, 0.05) is 30.8 Å². The fourth-order valence-corrected chi connectivity index (χ4v) is 8.05. The standard InChI is InChI=1S/2C27H23BrN2O2/c1-4-15-32-23-13-14-25-24(16-23)26(21-9-7-20(8-10-21)18(2)3)29-27(31)30(25)17-19-5-11-22(28)12-6-19;1-4-14-32-23-12-13-25-24(16-23)26(21-10-8-20(9-11-21)18(2)3)29-27(31)30(25)17-19-6-5-7-22(28)15-19/h1,5-14,16,18H,15,17H2,2-3H3;1,5-13,15-16,18H,14,17H2,2-3H3. The van der Waals surface area contributed by atoms with Crippen LogP contribution in [0.2, 0.25) is 0 Å². The highest BCUT2D eigenvalue weighted by molar-refractivity contribution is 9.10. The van der Waals surface area contributed by atoms with E-state index in [0.29, 0.717) is 47.8 Å². The van der Waals surface area contributed by atoms with Crippen LogP contribution in [0.3, 0.4) is 0 Å². The molecule has 0 spiro atoms. The lowest BCUT2D eigenvalue weighted by atomic mass is 9.99. The summed E-state index contributed by atoms with van der Waals surface area (Å²) in [5, 5.41) is 1.68. The highest BCUT2D eigenvalue weighted by atomic mass is 79.9. The summed E-state index contributed by atoms with van der Waals surface area (Å²) in [6.45, 7) is 9.81. The van der Waals surface area contributed by atoms with Gasteiger partial charge in [-0.15, -0.1) is 12.8 Å². The molecular weight excluding hydrogens is 928 g/mol. The minimum Gasteiger partial charge on any atom is -0.481 e. The summed E-state index contributed by atoms with van der Waals surface area (Å²) in [6, 6.07) is 43.5. The number of terminal acetylenes is 2. The molecule has 0 aliphatic heterocycles. The molecule has 0 unspecified atom stereocenters. The molecule has 0 amide bonds. The van der Waals surface area contributed by atoms with E-state index in [2.05, 4.69) is 106 Å². The number of benzene rings is 6. The minimum atomic E-state index is -0.294. The second kappa shape index (κ2) is 20.6. The molecule has 0 aliphatic carbocycles. The number of fused-ring (bicyclic) bond motifs is 2. The molecule has 8 aromatic rings. The van der Waals surface area contributed by atoms with Crippen molar-refractivity contribution in [3.63, 3.8) is 0 Å². The van der Waals surface area contributed by atoms with Crippen LogP contribution in [0.4, 0.5) is 0 Å². The summed E-state index contributed by atoms with van der Waals surface area (Å²) in [5.74, 6) is 7.12. The second-order valence-electron chi connectivity index (χ2n) is 15.8. The third-order valence-corrected chi connectivity index (χ3v) is 11.8. The molecule has 0 N–H and O–H groups in total. The lowest BCUT2D eigenvalue weighted by Gasteiger charge is -2.15. The smallest absolute Gasteiger partial charge is 0.348 e. The van der Waals surface area contributed by atoms with Crippen molar-refractivity contribution < 1.29 is 9.47 Å². The maximum atomic E-state index is 13.1. The number of nitrogens with zero attached hydrogens (tertiary/aromatic N) is 4. The molecule has 0 fully saturated rings. The quantitative estimate of drug-likeness (QED) is 0.113. The normalized spacial score (nSPS) is 11.0. The SMILES string of the molecule is C#CCOc1ccc2c(c1)c(-c1ccc(C(C)C)cc1)nc(=O)n2Cc1ccc(Br)cc1.C#CCOc1ccc2c(c1)c(-c1ccc(C(C)C)cc1)nc(=O)n2Cc1cccc(Br)c1. The second-order valence-corrected chi connectivity index (χ2v) is 17.6. The van der Waals surface area contributed by atoms with Gasteiger partial charge in [-0.05, 0) is 94.8 Å². The van der Waals surface area contributed by atoms with Crippen LogP contribution < -0.4 is 20.9 Å². The zero-order valence-electron chi connectivity index (χ0n) is 36.0. The first-order chi connectivity index (χ1) is 30.9. The minimum absolute atomic E-state index is 0.176. The van der Waals surface area contributed by atoms with Crippen molar-refractivity contribution in [3.8, 4) is 58.7 Å². The summed E-state index contributed by atoms with van der Waals surface area (Å²) in [5.41, 5.74) is 8.55. The number of halogens is 2. The summed E-state index contributed by atoms with van der Waals surface area (Å²) in [7, 11) is 0. The van der Waals surface area contributed by atoms with Crippen LogP contribution in [0.5, 0.6) is 11.5 Å². The predicted octanol–water partition coefficient (Wildman–Crippen LogP) is 12.0. The fourth-order valence-electron chi connectivity index (χ4n) is 7.34. The number of hydrogen-bond donors (Lipinski definition) is 0. The monoisotopic (exact) mass is 972 g/mol. The van der Waals surface area contributed by atoms with Crippen LogP contribution in [0.1, 0.15) is 61.8 Å². The van der Waals surface area contributed by atoms with Gasteiger partial charge in [0.2, 0.25) is 0 Å². The van der Waals surface area contributed by atoms with Crippen LogP contribution in [0.25, 0.3) is 44.3 Å². The summed E-state index contributed by atoms with van der Waals surface area (Å²) >= 11 is 6.95. The van der Waals surface area contributed by atoms with Crippen LogP contribution in [0, 0.1) is 24.7 Å². The van der Waals surface area contributed by atoms with Gasteiger partial charge in [-0.25, -0.2) is 9.59 Å². The van der Waals surface area contributed by atoms with Gasteiger partial charge in [-0.2, -0.15) is 9.97 Å². The molecule has 8 nitrogen and oxygen atoms in total. The average Bonchev–Trinajstić information content (AvgIpc) is 3.30. The molecule has 320 valence electrons. The summed E-state index contributed by atoms with van der Waals surface area (Å²) < 4.78 is 16.6. The van der Waals surface area contributed by atoms with Gasteiger partial charge >= 0.3 is 11.4 Å². The lowest BCUT2D eigenvalue weighted by molar-refractivity contribution is 0.371. The van der Waals surface area contributed by atoms with E-state index in [1.165, 1.54) is 11.1 Å². The van der Waals surface area contributed by atoms with Crippen molar-refractivity contribution in [2.24, 2.45) is 0 Å². The van der Waals surface area contributed by atoms with Gasteiger partial charge in [0.15, 0.2) is 0 Å². The Morgan fingerprint density at radius 3 is 1.42 bits per heavy atom. The van der Waals surface area contributed by atoms with Gasteiger partial charge in [-0.3, -0.25) is 9.13 Å². The number of hydrogen-bond acceptors (Lipinski definition) is 6. The van der Waals surface area contributed by atoms with Crippen molar-refractivity contribution in [1.82, 2.24) is 19.1 Å². The highest BCUT2D eigenvalue weighted by Crippen LogP contribution is 2.32. The van der Waals surface area contributed by atoms with Crippen molar-refractivity contribution in [2.45, 2.75) is 52.6 Å². The van der Waals surface area contributed by atoms with Crippen LogP contribution in [-0.4, -0.2) is 32.3 Å². The van der Waals surface area contributed by atoms with E-state index in [1.807, 2.05) is 109 Å².